The molecule has 0 amide bonds. The summed E-state index contributed by atoms with van der Waals surface area (Å²) in [6, 6.07) is 8.36. The molecule has 1 aromatic carbocycles. The topological polar surface area (TPSA) is 34.2 Å². The zero-order valence-corrected chi connectivity index (χ0v) is 14.5. The first-order valence-corrected chi connectivity index (χ1v) is 8.85. The Morgan fingerprint density at radius 2 is 2.22 bits per heavy atom. The maximum absolute atomic E-state index is 5.40. The molecule has 1 saturated heterocycles. The van der Waals surface area contributed by atoms with Crippen LogP contribution in [0, 0.1) is 17.8 Å². The van der Waals surface area contributed by atoms with Gasteiger partial charge in [-0.3, -0.25) is 4.98 Å². The summed E-state index contributed by atoms with van der Waals surface area (Å²) < 4.78 is 5.40. The van der Waals surface area contributed by atoms with Crippen molar-refractivity contribution in [2.24, 2.45) is 17.8 Å². The summed E-state index contributed by atoms with van der Waals surface area (Å²) in [4.78, 5) is 4.50. The van der Waals surface area contributed by atoms with Gasteiger partial charge in [-0.1, -0.05) is 20.3 Å². The number of piperidine rings is 1. The lowest BCUT2D eigenvalue weighted by molar-refractivity contribution is 0.179. The predicted molar refractivity (Wildman–Crippen MR) is 95.9 cm³/mol. The van der Waals surface area contributed by atoms with Gasteiger partial charge < -0.3 is 10.1 Å². The minimum Gasteiger partial charge on any atom is -0.497 e. The number of nitrogens with one attached hydrogen (secondary N) is 1. The van der Waals surface area contributed by atoms with E-state index in [2.05, 4.69) is 42.3 Å². The Bertz CT molecular complexity index is 655. The number of benzene rings is 1. The quantitative estimate of drug-likeness (QED) is 0.904. The van der Waals surface area contributed by atoms with Gasteiger partial charge in [0.1, 0.15) is 5.75 Å². The van der Waals surface area contributed by atoms with Crippen LogP contribution in [0.5, 0.6) is 5.75 Å². The van der Waals surface area contributed by atoms with Gasteiger partial charge in [-0.25, -0.2) is 0 Å². The molecule has 124 valence electrons. The Labute approximate surface area is 139 Å². The molecule has 1 aliphatic heterocycles. The molecule has 1 aromatic heterocycles. The predicted octanol–water partition coefficient (Wildman–Crippen LogP) is 4.06. The molecule has 0 radical (unpaired) electrons. The maximum atomic E-state index is 5.40. The van der Waals surface area contributed by atoms with Crippen molar-refractivity contribution in [2.75, 3.05) is 20.2 Å². The number of nitrogens with zero attached hydrogens (tertiary/aromatic N) is 1. The Hall–Kier alpha value is -1.61. The molecule has 1 N–H and O–H groups in total. The molecule has 0 bridgehead atoms. The first-order valence-electron chi connectivity index (χ1n) is 8.85. The smallest absolute Gasteiger partial charge is 0.119 e. The highest BCUT2D eigenvalue weighted by Crippen LogP contribution is 2.33. The lowest BCUT2D eigenvalue weighted by Crippen LogP contribution is -2.39. The molecule has 3 atom stereocenters. The fourth-order valence-corrected chi connectivity index (χ4v) is 4.12. The highest BCUT2D eigenvalue weighted by Gasteiger charge is 2.28. The third-order valence-electron chi connectivity index (χ3n) is 5.50. The van der Waals surface area contributed by atoms with Crippen LogP contribution in [0.3, 0.4) is 0 Å². The Morgan fingerprint density at radius 3 is 3.00 bits per heavy atom. The van der Waals surface area contributed by atoms with Gasteiger partial charge in [0.25, 0.3) is 0 Å². The molecule has 3 nitrogen and oxygen atoms in total. The highest BCUT2D eigenvalue weighted by molar-refractivity contribution is 5.83. The van der Waals surface area contributed by atoms with Crippen LogP contribution in [-0.4, -0.2) is 25.2 Å². The first-order chi connectivity index (χ1) is 11.2. The van der Waals surface area contributed by atoms with Crippen molar-refractivity contribution in [3.05, 3.63) is 36.0 Å². The largest absolute Gasteiger partial charge is 0.497 e. The molecule has 3 heteroatoms. The molecule has 23 heavy (non-hydrogen) atoms. The van der Waals surface area contributed by atoms with Crippen molar-refractivity contribution in [3.8, 4) is 5.75 Å². The lowest BCUT2D eigenvalue weighted by Gasteiger charge is -2.36. The Morgan fingerprint density at radius 1 is 1.35 bits per heavy atom. The molecule has 1 aliphatic rings. The van der Waals surface area contributed by atoms with E-state index < -0.39 is 0 Å². The van der Waals surface area contributed by atoms with Crippen LogP contribution >= 0.6 is 0 Å². The number of fused-ring (bicyclic) bond motifs is 1. The van der Waals surface area contributed by atoms with Crippen molar-refractivity contribution in [3.63, 3.8) is 0 Å². The van der Waals surface area contributed by atoms with E-state index in [-0.39, 0.29) is 0 Å². The fraction of sp³-hybridized carbons (Fsp3) is 0.550. The molecule has 2 aromatic rings. The average Bonchev–Trinajstić information content (AvgIpc) is 2.61. The van der Waals surface area contributed by atoms with Gasteiger partial charge in [0.05, 0.1) is 12.6 Å². The second kappa shape index (κ2) is 7.31. The van der Waals surface area contributed by atoms with Crippen LogP contribution in [0.1, 0.15) is 32.3 Å². The van der Waals surface area contributed by atoms with Crippen LogP contribution in [0.15, 0.2) is 30.5 Å². The number of pyridine rings is 1. The number of aromatic nitrogens is 1. The second-order valence-corrected chi connectivity index (χ2v) is 6.86. The minimum atomic E-state index is 0.693. The van der Waals surface area contributed by atoms with Gasteiger partial charge >= 0.3 is 0 Å². The molecule has 0 spiro atoms. The zero-order chi connectivity index (χ0) is 16.2. The second-order valence-electron chi connectivity index (χ2n) is 6.86. The summed E-state index contributed by atoms with van der Waals surface area (Å²) in [5, 5.41) is 4.79. The number of hydrogen-bond donors (Lipinski definition) is 1. The van der Waals surface area contributed by atoms with Gasteiger partial charge in [0, 0.05) is 11.6 Å². The first kappa shape index (κ1) is 16.3. The molecule has 1 fully saturated rings. The summed E-state index contributed by atoms with van der Waals surface area (Å²) in [6.45, 7) is 7.09. The van der Waals surface area contributed by atoms with Crippen LogP contribution < -0.4 is 10.1 Å². The maximum Gasteiger partial charge on any atom is 0.119 e. The van der Waals surface area contributed by atoms with Crippen molar-refractivity contribution < 1.29 is 4.74 Å². The molecule has 2 heterocycles. The summed E-state index contributed by atoms with van der Waals surface area (Å²) >= 11 is 0. The Kier molecular flexibility index (Phi) is 5.16. The van der Waals surface area contributed by atoms with Crippen molar-refractivity contribution in [1.29, 1.82) is 0 Å². The number of hydrogen-bond acceptors (Lipinski definition) is 3. The lowest BCUT2D eigenvalue weighted by atomic mass is 9.74. The third kappa shape index (κ3) is 3.50. The average molecular weight is 312 g/mol. The number of ether oxygens (including phenoxy) is 1. The van der Waals surface area contributed by atoms with Crippen LogP contribution in [0.4, 0.5) is 0 Å². The molecule has 3 unspecified atom stereocenters. The zero-order valence-electron chi connectivity index (χ0n) is 14.5. The standard InChI is InChI=1S/C20H28N2O/c1-4-15-13-21-9-8-18(15)14(2)11-16-7-10-22-20-6-5-17(23-3)12-19(16)20/h5-7,10,12,14-15,18,21H,4,8-9,11,13H2,1-3H3. The van der Waals surface area contributed by atoms with E-state index in [1.165, 1.54) is 30.3 Å². The third-order valence-corrected chi connectivity index (χ3v) is 5.50. The van der Waals surface area contributed by atoms with E-state index in [4.69, 9.17) is 4.74 Å². The monoisotopic (exact) mass is 312 g/mol. The number of rotatable bonds is 5. The van der Waals surface area contributed by atoms with Crippen LogP contribution in [0.25, 0.3) is 10.9 Å². The van der Waals surface area contributed by atoms with E-state index in [0.717, 1.165) is 36.1 Å². The van der Waals surface area contributed by atoms with Gasteiger partial charge in [0.15, 0.2) is 0 Å². The molecular weight excluding hydrogens is 284 g/mol. The van der Waals surface area contributed by atoms with E-state index in [0.29, 0.717) is 5.92 Å². The minimum absolute atomic E-state index is 0.693. The van der Waals surface area contributed by atoms with Gasteiger partial charge in [-0.05, 0) is 73.5 Å². The summed E-state index contributed by atoms with van der Waals surface area (Å²) in [7, 11) is 1.72. The SMILES string of the molecule is CCC1CNCCC1C(C)Cc1ccnc2ccc(OC)cc12. The van der Waals surface area contributed by atoms with Gasteiger partial charge in [-0.15, -0.1) is 0 Å². The molecular formula is C20H28N2O. The van der Waals surface area contributed by atoms with Gasteiger partial charge in [-0.2, -0.15) is 0 Å². The van der Waals surface area contributed by atoms with Crippen molar-refractivity contribution in [2.45, 2.75) is 33.1 Å². The molecule has 0 saturated carbocycles. The number of methoxy groups -OCH3 is 1. The normalized spacial score (nSPS) is 22.9. The molecule has 0 aliphatic carbocycles. The Balaban J connectivity index is 1.85. The summed E-state index contributed by atoms with van der Waals surface area (Å²) in [5.74, 6) is 3.23. The van der Waals surface area contributed by atoms with E-state index in [9.17, 15) is 0 Å². The fourth-order valence-electron chi connectivity index (χ4n) is 4.12. The van der Waals surface area contributed by atoms with Crippen LogP contribution in [0.2, 0.25) is 0 Å². The van der Waals surface area contributed by atoms with Crippen molar-refractivity contribution >= 4 is 10.9 Å². The van der Waals surface area contributed by atoms with E-state index in [1.807, 2.05) is 12.3 Å². The van der Waals surface area contributed by atoms with E-state index >= 15 is 0 Å². The van der Waals surface area contributed by atoms with E-state index in [1.54, 1.807) is 7.11 Å². The van der Waals surface area contributed by atoms with Crippen molar-refractivity contribution in [1.82, 2.24) is 10.3 Å². The van der Waals surface area contributed by atoms with Gasteiger partial charge in [0.2, 0.25) is 0 Å². The van der Waals surface area contributed by atoms with Crippen LogP contribution in [-0.2, 0) is 6.42 Å². The highest BCUT2D eigenvalue weighted by atomic mass is 16.5. The summed E-state index contributed by atoms with van der Waals surface area (Å²) in [5.41, 5.74) is 2.46. The summed E-state index contributed by atoms with van der Waals surface area (Å²) in [6.07, 6.45) is 5.63. The molecule has 3 rings (SSSR count).